The zero-order chi connectivity index (χ0) is 24.3. The van der Waals surface area contributed by atoms with Gasteiger partial charge in [0.25, 0.3) is 0 Å². The molecule has 1 amide bonds. The van der Waals surface area contributed by atoms with E-state index in [9.17, 15) is 32.5 Å². The number of hydrogen-bond donors (Lipinski definition) is 3. The van der Waals surface area contributed by atoms with E-state index in [4.69, 9.17) is 10.6 Å². The molecule has 2 heterocycles. The number of carboxylic acids is 1. The van der Waals surface area contributed by atoms with Crippen molar-refractivity contribution in [3.05, 3.63) is 11.1 Å². The minimum atomic E-state index is -4.76. The number of nitrogens with zero attached hydrogens (tertiary/aromatic N) is 3. The Bertz CT molecular complexity index is 1020. The van der Waals surface area contributed by atoms with E-state index in [0.717, 1.165) is 17.8 Å². The molecule has 178 valence electrons. The molecule has 1 aliphatic rings. The van der Waals surface area contributed by atoms with E-state index in [0.29, 0.717) is 10.1 Å². The maximum Gasteiger partial charge on any atom is 0.362 e. The molecule has 1 aromatic heterocycles. The van der Waals surface area contributed by atoms with Gasteiger partial charge < -0.3 is 15.7 Å². The first-order valence-corrected chi connectivity index (χ1v) is 12.8. The van der Waals surface area contributed by atoms with Crippen molar-refractivity contribution >= 4 is 61.9 Å². The molecule has 32 heavy (non-hydrogen) atoms. The van der Waals surface area contributed by atoms with Crippen molar-refractivity contribution in [1.82, 2.24) is 9.29 Å². The summed E-state index contributed by atoms with van der Waals surface area (Å²) >= 11 is 2.30. The number of hydrogen-bond acceptors (Lipinski definition) is 11. The van der Waals surface area contributed by atoms with E-state index in [2.05, 4.69) is 10.1 Å². The fraction of sp³-hybridized carbons (Fsp3) is 0.588. The monoisotopic (exact) mass is 508 g/mol. The number of thiazole rings is 1. The number of amides is 1. The van der Waals surface area contributed by atoms with Gasteiger partial charge >= 0.3 is 16.3 Å². The number of β-lactam (4-membered cyclic amide) rings is 1. The minimum absolute atomic E-state index is 0.129. The second-order valence-electron chi connectivity index (χ2n) is 7.40. The Morgan fingerprint density at radius 1 is 1.44 bits per heavy atom. The van der Waals surface area contributed by atoms with Gasteiger partial charge in [0, 0.05) is 18.4 Å². The van der Waals surface area contributed by atoms with Crippen LogP contribution in [0.5, 0.6) is 0 Å². The summed E-state index contributed by atoms with van der Waals surface area (Å²) in [5.74, 6) is -3.00. The number of nitrogens with two attached hydrogens (primary N) is 1. The number of carbonyl (C=O) groups is 3. The Kier molecular flexibility index (Phi) is 8.25. The van der Waals surface area contributed by atoms with Crippen LogP contribution in [-0.2, 0) is 29.5 Å². The highest BCUT2D eigenvalue weighted by molar-refractivity contribution is 7.99. The fourth-order valence-electron chi connectivity index (χ4n) is 2.74. The Labute approximate surface area is 193 Å². The topological polar surface area (TPSA) is 190 Å². The number of aromatic nitrogens is 1. The van der Waals surface area contributed by atoms with E-state index >= 15 is 0 Å². The number of rotatable bonds is 12. The Hall–Kier alpha value is -2.23. The second-order valence-corrected chi connectivity index (χ2v) is 10.9. The molecule has 15 heteroatoms. The molecule has 1 saturated heterocycles. The lowest BCUT2D eigenvalue weighted by Crippen LogP contribution is -2.64. The quantitative estimate of drug-likeness (QED) is 0.120. The normalized spacial score (nSPS) is 19.6. The maximum absolute atomic E-state index is 13.0. The van der Waals surface area contributed by atoms with Crippen LogP contribution in [-0.4, -0.2) is 73.9 Å². The Morgan fingerprint density at radius 2 is 2.09 bits per heavy atom. The molecule has 2 atom stereocenters. The summed E-state index contributed by atoms with van der Waals surface area (Å²) < 4.78 is 32.9. The lowest BCUT2D eigenvalue weighted by Gasteiger charge is -2.43. The molecule has 0 aliphatic carbocycles. The van der Waals surface area contributed by atoms with Gasteiger partial charge in [-0.1, -0.05) is 23.4 Å². The molecule has 1 aliphatic heterocycles. The van der Waals surface area contributed by atoms with Gasteiger partial charge in [0.05, 0.1) is 16.8 Å². The summed E-state index contributed by atoms with van der Waals surface area (Å²) in [7, 11) is -4.76. The lowest BCUT2D eigenvalue weighted by atomic mass is 9.86. The molecule has 1 fully saturated rings. The first-order valence-electron chi connectivity index (χ1n) is 9.42. The average molecular weight is 509 g/mol. The molecule has 4 N–H and O–H groups in total. The summed E-state index contributed by atoms with van der Waals surface area (Å²) in [5.41, 5.74) is 3.59. The van der Waals surface area contributed by atoms with Gasteiger partial charge in [-0.25, -0.2) is 14.1 Å². The van der Waals surface area contributed by atoms with E-state index < -0.39 is 51.9 Å². The molecule has 0 aromatic carbocycles. The molecular weight excluding hydrogens is 484 g/mol. The number of ketones is 1. The van der Waals surface area contributed by atoms with Crippen LogP contribution in [0.15, 0.2) is 11.4 Å². The number of thioether (sulfide) groups is 1. The van der Waals surface area contributed by atoms with Gasteiger partial charge in [-0.3, -0.25) is 14.1 Å². The van der Waals surface area contributed by atoms with Gasteiger partial charge in [-0.2, -0.15) is 20.2 Å². The Morgan fingerprint density at radius 3 is 2.59 bits per heavy atom. The molecule has 0 saturated carbocycles. The van der Waals surface area contributed by atoms with Crippen molar-refractivity contribution in [2.75, 3.05) is 17.2 Å². The molecule has 0 radical (unpaired) electrons. The Balaban J connectivity index is 2.29. The van der Waals surface area contributed by atoms with Crippen LogP contribution in [0.3, 0.4) is 0 Å². The molecule has 12 nitrogen and oxygen atoms in total. The van der Waals surface area contributed by atoms with E-state index in [1.54, 1.807) is 0 Å². The third-order valence-electron chi connectivity index (χ3n) is 4.49. The lowest BCUT2D eigenvalue weighted by molar-refractivity contribution is -0.161. The van der Waals surface area contributed by atoms with Crippen LogP contribution >= 0.6 is 23.1 Å². The van der Waals surface area contributed by atoms with Crippen molar-refractivity contribution in [2.45, 2.75) is 45.3 Å². The zero-order valence-corrected chi connectivity index (χ0v) is 20.0. The SMILES string of the molecule is CCCSC[C@H]1[C@H](CC(=O)/C(=N\OC(C)(C)C(=O)O)c2cnc(N)s2)C(=O)N1S(=O)(=O)O. The number of aliphatic carboxylic acids is 1. The van der Waals surface area contributed by atoms with Crippen molar-refractivity contribution in [3.8, 4) is 0 Å². The molecule has 2 rings (SSSR count). The standard InChI is InChI=1S/C17H24N4O8S3/c1-4-5-30-8-10-9(14(23)21(10)32(26,27)28)6-11(22)13(12-7-19-16(18)31-12)20-29-17(2,3)15(24)25/h7,9-10H,4-6,8H2,1-3H3,(H2,18,19)(H,24,25)(H,26,27,28)/b20-13+/t9-,10-/m0/s1. The van der Waals surface area contributed by atoms with Crippen molar-refractivity contribution < 1.29 is 37.3 Å². The smallest absolute Gasteiger partial charge is 0.362 e. The predicted octanol–water partition coefficient (Wildman–Crippen LogP) is 1.04. The van der Waals surface area contributed by atoms with Gasteiger partial charge in [-0.05, 0) is 26.0 Å². The van der Waals surface area contributed by atoms with Gasteiger partial charge in [0.15, 0.2) is 16.6 Å². The van der Waals surface area contributed by atoms with Crippen LogP contribution in [0, 0.1) is 5.92 Å². The van der Waals surface area contributed by atoms with E-state index in [1.165, 1.54) is 31.8 Å². The molecule has 1 aromatic rings. The summed E-state index contributed by atoms with van der Waals surface area (Å²) in [6.07, 6.45) is 1.66. The zero-order valence-electron chi connectivity index (χ0n) is 17.5. The summed E-state index contributed by atoms with van der Waals surface area (Å²) in [6, 6.07) is -0.901. The van der Waals surface area contributed by atoms with Gasteiger partial charge in [0.1, 0.15) is 0 Å². The molecule has 0 bridgehead atoms. The van der Waals surface area contributed by atoms with Crippen molar-refractivity contribution in [1.29, 1.82) is 0 Å². The second kappa shape index (κ2) is 10.1. The first-order chi connectivity index (χ1) is 14.8. The third kappa shape index (κ3) is 5.96. The minimum Gasteiger partial charge on any atom is -0.478 e. The van der Waals surface area contributed by atoms with E-state index in [1.807, 2.05) is 6.92 Å². The van der Waals surface area contributed by atoms with Gasteiger partial charge in [0.2, 0.25) is 11.5 Å². The van der Waals surface area contributed by atoms with Crippen LogP contribution in [0.2, 0.25) is 0 Å². The van der Waals surface area contributed by atoms with Crippen LogP contribution < -0.4 is 5.73 Å². The first kappa shape index (κ1) is 26.0. The summed E-state index contributed by atoms with van der Waals surface area (Å²) in [4.78, 5) is 45.8. The molecule has 0 unspecified atom stereocenters. The van der Waals surface area contributed by atoms with E-state index in [-0.39, 0.29) is 21.5 Å². The van der Waals surface area contributed by atoms with Crippen LogP contribution in [0.25, 0.3) is 0 Å². The maximum atomic E-state index is 13.0. The van der Waals surface area contributed by atoms with Crippen LogP contribution in [0.1, 0.15) is 38.5 Å². The summed E-state index contributed by atoms with van der Waals surface area (Å²) in [6.45, 7) is 4.41. The largest absolute Gasteiger partial charge is 0.478 e. The number of carboxylic acid groups (broad SMARTS) is 1. The highest BCUT2D eigenvalue weighted by atomic mass is 32.2. The third-order valence-corrected chi connectivity index (χ3v) is 7.55. The number of anilines is 1. The number of Topliss-reactive ketones (excluding diaryl/α,β-unsaturated/α-hetero) is 1. The van der Waals surface area contributed by atoms with Crippen molar-refractivity contribution in [3.63, 3.8) is 0 Å². The number of oxime groups is 1. The number of carbonyl (C=O) groups excluding carboxylic acids is 2. The molecular formula is C17H24N4O8S3. The fourth-order valence-corrected chi connectivity index (χ4v) is 5.52. The molecule has 0 spiro atoms. The average Bonchev–Trinajstić information content (AvgIpc) is 3.10. The number of nitrogen functional groups attached to an aromatic ring is 1. The predicted molar refractivity (Wildman–Crippen MR) is 119 cm³/mol. The highest BCUT2D eigenvalue weighted by Gasteiger charge is 2.53. The highest BCUT2D eigenvalue weighted by Crippen LogP contribution is 2.35. The van der Waals surface area contributed by atoms with Gasteiger partial charge in [-0.15, -0.1) is 0 Å². The summed E-state index contributed by atoms with van der Waals surface area (Å²) in [5, 5.41) is 13.0. The van der Waals surface area contributed by atoms with Crippen LogP contribution in [0.4, 0.5) is 5.13 Å². The van der Waals surface area contributed by atoms with Crippen molar-refractivity contribution in [2.24, 2.45) is 11.1 Å².